The van der Waals surface area contributed by atoms with Crippen molar-refractivity contribution in [2.75, 3.05) is 11.9 Å². The zero-order valence-electron chi connectivity index (χ0n) is 10.1. The summed E-state index contributed by atoms with van der Waals surface area (Å²) in [5.41, 5.74) is 7.05. The highest BCUT2D eigenvalue weighted by Gasteiger charge is 2.19. The molecule has 0 unspecified atom stereocenters. The molecule has 1 atom stereocenters. The third-order valence-electron chi connectivity index (χ3n) is 2.39. The summed E-state index contributed by atoms with van der Waals surface area (Å²) in [6, 6.07) is 6.39. The van der Waals surface area contributed by atoms with Crippen molar-refractivity contribution in [3.05, 3.63) is 29.8 Å². The number of nitrogens with two attached hydrogens (primary N) is 1. The number of carbonyl (C=O) groups excluding carboxylic acids is 1. The fourth-order valence-corrected chi connectivity index (χ4v) is 1.45. The summed E-state index contributed by atoms with van der Waals surface area (Å²) in [6.45, 7) is 2.17. The molecule has 0 bridgehead atoms. The van der Waals surface area contributed by atoms with Crippen molar-refractivity contribution >= 4 is 17.7 Å². The number of nitrogens with one attached hydrogen (secondary N) is 2. The van der Waals surface area contributed by atoms with Gasteiger partial charge in [-0.25, -0.2) is 4.79 Å². The van der Waals surface area contributed by atoms with Crippen molar-refractivity contribution in [2.24, 2.45) is 5.73 Å². The van der Waals surface area contributed by atoms with Crippen LogP contribution in [0.3, 0.4) is 0 Å². The summed E-state index contributed by atoms with van der Waals surface area (Å²) in [4.78, 5) is 22.4. The minimum Gasteiger partial charge on any atom is -0.465 e. The second kappa shape index (κ2) is 6.61. The second-order valence-corrected chi connectivity index (χ2v) is 3.93. The molecule has 0 saturated heterocycles. The van der Waals surface area contributed by atoms with Gasteiger partial charge < -0.3 is 21.5 Å². The molecule has 1 rings (SSSR count). The van der Waals surface area contributed by atoms with E-state index in [1.807, 2.05) is 19.1 Å². The van der Waals surface area contributed by atoms with E-state index in [0.29, 0.717) is 5.69 Å². The van der Waals surface area contributed by atoms with Gasteiger partial charge >= 0.3 is 6.09 Å². The Morgan fingerprint density at radius 1 is 1.33 bits per heavy atom. The van der Waals surface area contributed by atoms with Gasteiger partial charge in [0.2, 0.25) is 5.91 Å². The molecule has 0 aliphatic carbocycles. The van der Waals surface area contributed by atoms with E-state index in [1.54, 1.807) is 12.1 Å². The predicted octanol–water partition coefficient (Wildman–Crippen LogP) is 0.919. The van der Waals surface area contributed by atoms with Crippen molar-refractivity contribution in [1.29, 1.82) is 0 Å². The molecule has 18 heavy (non-hydrogen) atoms. The Morgan fingerprint density at radius 2 is 1.94 bits per heavy atom. The van der Waals surface area contributed by atoms with E-state index in [1.165, 1.54) is 0 Å². The Labute approximate surface area is 105 Å². The van der Waals surface area contributed by atoms with Crippen LogP contribution in [-0.4, -0.2) is 29.7 Å². The van der Waals surface area contributed by atoms with Crippen LogP contribution in [0.25, 0.3) is 0 Å². The summed E-state index contributed by atoms with van der Waals surface area (Å²) >= 11 is 0. The molecule has 0 radical (unpaired) electrons. The first-order chi connectivity index (χ1) is 8.52. The lowest BCUT2D eigenvalue weighted by Crippen LogP contribution is -2.44. The van der Waals surface area contributed by atoms with Gasteiger partial charge in [0.1, 0.15) is 6.04 Å². The number of hydrogen-bond acceptors (Lipinski definition) is 3. The quantitative estimate of drug-likeness (QED) is 0.624. The molecule has 0 spiro atoms. The maximum absolute atomic E-state index is 11.8. The minimum atomic E-state index is -1.24. The van der Waals surface area contributed by atoms with E-state index in [4.69, 9.17) is 10.8 Å². The number of carbonyl (C=O) groups is 2. The highest BCUT2D eigenvalue weighted by molar-refractivity contribution is 5.96. The van der Waals surface area contributed by atoms with E-state index in [-0.39, 0.29) is 13.0 Å². The lowest BCUT2D eigenvalue weighted by molar-refractivity contribution is -0.118. The number of amides is 2. The SMILES string of the molecule is Cc1ccc(NC(=O)[C@@H](CCN)NC(=O)O)cc1. The standard InChI is InChI=1S/C12H17N3O3/c1-8-2-4-9(5-3-8)14-11(16)10(6-7-13)15-12(17)18/h2-5,10,15H,6-7,13H2,1H3,(H,14,16)(H,17,18)/t10-/m1/s1. The van der Waals surface area contributed by atoms with E-state index in [9.17, 15) is 9.59 Å². The second-order valence-electron chi connectivity index (χ2n) is 3.93. The minimum absolute atomic E-state index is 0.228. The smallest absolute Gasteiger partial charge is 0.405 e. The van der Waals surface area contributed by atoms with Crippen LogP contribution >= 0.6 is 0 Å². The molecule has 0 aliphatic rings. The largest absolute Gasteiger partial charge is 0.465 e. The lowest BCUT2D eigenvalue weighted by Gasteiger charge is -2.15. The monoisotopic (exact) mass is 251 g/mol. The fourth-order valence-electron chi connectivity index (χ4n) is 1.45. The van der Waals surface area contributed by atoms with Gasteiger partial charge in [0.15, 0.2) is 0 Å². The molecule has 1 aromatic carbocycles. The van der Waals surface area contributed by atoms with Crippen LogP contribution in [0, 0.1) is 6.92 Å². The predicted molar refractivity (Wildman–Crippen MR) is 68.4 cm³/mol. The van der Waals surface area contributed by atoms with E-state index < -0.39 is 18.0 Å². The normalized spacial score (nSPS) is 11.7. The molecule has 0 fully saturated rings. The number of hydrogen-bond donors (Lipinski definition) is 4. The van der Waals surface area contributed by atoms with Crippen LogP contribution in [-0.2, 0) is 4.79 Å². The third-order valence-corrected chi connectivity index (χ3v) is 2.39. The lowest BCUT2D eigenvalue weighted by atomic mass is 10.1. The van der Waals surface area contributed by atoms with Gasteiger partial charge in [0.05, 0.1) is 0 Å². The Morgan fingerprint density at radius 3 is 2.44 bits per heavy atom. The van der Waals surface area contributed by atoms with Crippen LogP contribution in [0.1, 0.15) is 12.0 Å². The molecule has 0 aliphatic heterocycles. The first-order valence-corrected chi connectivity index (χ1v) is 5.60. The molecule has 0 saturated carbocycles. The van der Waals surface area contributed by atoms with Crippen LogP contribution in [0.2, 0.25) is 0 Å². The van der Waals surface area contributed by atoms with Crippen LogP contribution in [0.4, 0.5) is 10.5 Å². The van der Waals surface area contributed by atoms with Crippen molar-refractivity contribution in [3.8, 4) is 0 Å². The van der Waals surface area contributed by atoms with Gasteiger partial charge in [-0.15, -0.1) is 0 Å². The maximum atomic E-state index is 11.8. The average molecular weight is 251 g/mol. The molecule has 6 heteroatoms. The molecular formula is C12H17N3O3. The molecule has 1 aromatic rings. The first kappa shape index (κ1) is 14.0. The first-order valence-electron chi connectivity index (χ1n) is 5.60. The van der Waals surface area contributed by atoms with Crippen molar-refractivity contribution in [2.45, 2.75) is 19.4 Å². The van der Waals surface area contributed by atoms with Gasteiger partial charge in [-0.2, -0.15) is 0 Å². The van der Waals surface area contributed by atoms with Crippen molar-refractivity contribution in [1.82, 2.24) is 5.32 Å². The van der Waals surface area contributed by atoms with Crippen LogP contribution in [0.5, 0.6) is 0 Å². The van der Waals surface area contributed by atoms with E-state index >= 15 is 0 Å². The maximum Gasteiger partial charge on any atom is 0.405 e. The van der Waals surface area contributed by atoms with Gasteiger partial charge in [-0.3, -0.25) is 4.79 Å². The number of aryl methyl sites for hydroxylation is 1. The highest BCUT2D eigenvalue weighted by Crippen LogP contribution is 2.09. The molecule has 2 amide bonds. The number of benzene rings is 1. The van der Waals surface area contributed by atoms with Crippen LogP contribution in [0.15, 0.2) is 24.3 Å². The topological polar surface area (TPSA) is 104 Å². The molecule has 98 valence electrons. The summed E-state index contributed by atoms with van der Waals surface area (Å²) in [5.74, 6) is -0.410. The number of rotatable bonds is 5. The molecule has 6 nitrogen and oxygen atoms in total. The summed E-state index contributed by atoms with van der Waals surface area (Å²) < 4.78 is 0. The Bertz CT molecular complexity index is 417. The molecule has 0 aromatic heterocycles. The third kappa shape index (κ3) is 4.42. The summed E-state index contributed by atoms with van der Waals surface area (Å²) in [5, 5.41) is 13.4. The fraction of sp³-hybridized carbons (Fsp3) is 0.333. The van der Waals surface area contributed by atoms with Crippen molar-refractivity contribution < 1.29 is 14.7 Å². The average Bonchev–Trinajstić information content (AvgIpc) is 2.31. The zero-order chi connectivity index (χ0) is 13.5. The van der Waals surface area contributed by atoms with Gasteiger partial charge in [0.25, 0.3) is 0 Å². The number of carboxylic acid groups (broad SMARTS) is 1. The highest BCUT2D eigenvalue weighted by atomic mass is 16.4. The molecule has 5 N–H and O–H groups in total. The van der Waals surface area contributed by atoms with E-state index in [0.717, 1.165) is 5.56 Å². The van der Waals surface area contributed by atoms with Gasteiger partial charge in [-0.1, -0.05) is 17.7 Å². The summed E-state index contributed by atoms with van der Waals surface area (Å²) in [7, 11) is 0. The van der Waals surface area contributed by atoms with Crippen LogP contribution < -0.4 is 16.4 Å². The number of anilines is 1. The van der Waals surface area contributed by atoms with E-state index in [2.05, 4.69) is 10.6 Å². The molecule has 0 heterocycles. The molecular weight excluding hydrogens is 234 g/mol. The zero-order valence-corrected chi connectivity index (χ0v) is 10.1. The van der Waals surface area contributed by atoms with Gasteiger partial charge in [-0.05, 0) is 32.0 Å². The van der Waals surface area contributed by atoms with Gasteiger partial charge in [0, 0.05) is 5.69 Å². The Hall–Kier alpha value is -2.08. The Balaban J connectivity index is 2.65. The van der Waals surface area contributed by atoms with Crippen molar-refractivity contribution in [3.63, 3.8) is 0 Å². The Kier molecular flexibility index (Phi) is 5.13. The summed E-state index contributed by atoms with van der Waals surface area (Å²) in [6.07, 6.45) is -0.989.